The summed E-state index contributed by atoms with van der Waals surface area (Å²) in [7, 11) is 0. The van der Waals surface area contributed by atoms with Crippen LogP contribution in [0.25, 0.3) is 0 Å². The summed E-state index contributed by atoms with van der Waals surface area (Å²) < 4.78 is 13.0. The van der Waals surface area contributed by atoms with Gasteiger partial charge < -0.3 is 0 Å². The average molecular weight is 230 g/mol. The van der Waals surface area contributed by atoms with Gasteiger partial charge in [0, 0.05) is 11.1 Å². The van der Waals surface area contributed by atoms with Crippen LogP contribution in [-0.2, 0) is 0 Å². The zero-order valence-corrected chi connectivity index (χ0v) is 9.57. The molecule has 0 radical (unpaired) electrons. The molecule has 0 amide bonds. The van der Waals surface area contributed by atoms with E-state index in [1.807, 2.05) is 0 Å². The van der Waals surface area contributed by atoms with E-state index >= 15 is 0 Å². The molecule has 0 aliphatic heterocycles. The van der Waals surface area contributed by atoms with Crippen LogP contribution in [-0.4, -0.2) is 16.0 Å². The summed E-state index contributed by atoms with van der Waals surface area (Å²) in [5.41, 5.74) is 1.99. The zero-order valence-electron chi connectivity index (χ0n) is 9.57. The highest BCUT2D eigenvalue weighted by Crippen LogP contribution is 2.13. The largest absolute Gasteiger partial charge is 0.289 e. The van der Waals surface area contributed by atoms with Gasteiger partial charge >= 0.3 is 0 Å². The van der Waals surface area contributed by atoms with Crippen molar-refractivity contribution in [3.05, 3.63) is 58.7 Å². The third-order valence-electron chi connectivity index (χ3n) is 2.43. The van der Waals surface area contributed by atoms with E-state index in [0.717, 1.165) is 0 Å². The van der Waals surface area contributed by atoms with E-state index in [9.17, 15) is 9.18 Å². The lowest BCUT2D eigenvalue weighted by molar-refractivity contribution is 0.103. The van der Waals surface area contributed by atoms with Crippen molar-refractivity contribution in [2.75, 3.05) is 0 Å². The van der Waals surface area contributed by atoms with Crippen molar-refractivity contribution in [2.45, 2.75) is 13.8 Å². The van der Waals surface area contributed by atoms with E-state index in [-0.39, 0.29) is 5.78 Å². The molecule has 1 aromatic heterocycles. The average Bonchev–Trinajstić information content (AvgIpc) is 2.31. The first-order valence-electron chi connectivity index (χ1n) is 5.19. The molecule has 0 saturated carbocycles. The molecule has 1 heterocycles. The summed E-state index contributed by atoms with van der Waals surface area (Å²) in [5, 5.41) is 7.74. The quantitative estimate of drug-likeness (QED) is 0.744. The molecule has 0 spiro atoms. The molecule has 1 aromatic carbocycles. The topological polar surface area (TPSA) is 42.9 Å². The Morgan fingerprint density at radius 3 is 2.65 bits per heavy atom. The summed E-state index contributed by atoms with van der Waals surface area (Å²) in [5.74, 6) is -0.660. The maximum absolute atomic E-state index is 13.0. The van der Waals surface area contributed by atoms with Gasteiger partial charge in [0.2, 0.25) is 0 Å². The number of benzene rings is 1. The molecule has 0 N–H and O–H groups in total. The molecule has 0 atom stereocenters. The van der Waals surface area contributed by atoms with Gasteiger partial charge in [-0.2, -0.15) is 10.2 Å². The molecular formula is C13H11FN2O. The smallest absolute Gasteiger partial charge is 0.195 e. The van der Waals surface area contributed by atoms with Crippen LogP contribution in [0.5, 0.6) is 0 Å². The summed E-state index contributed by atoms with van der Waals surface area (Å²) >= 11 is 0. The van der Waals surface area contributed by atoms with E-state index in [4.69, 9.17) is 0 Å². The van der Waals surface area contributed by atoms with E-state index < -0.39 is 5.82 Å². The Morgan fingerprint density at radius 2 is 1.94 bits per heavy atom. The third-order valence-corrected chi connectivity index (χ3v) is 2.43. The number of ketones is 1. The fourth-order valence-electron chi connectivity index (χ4n) is 1.57. The molecule has 0 saturated heterocycles. The van der Waals surface area contributed by atoms with Gasteiger partial charge in [-0.15, -0.1) is 0 Å². The minimum absolute atomic E-state index is 0.236. The predicted octanol–water partition coefficient (Wildman–Crippen LogP) is 2.46. The van der Waals surface area contributed by atoms with Crippen molar-refractivity contribution >= 4 is 5.78 Å². The van der Waals surface area contributed by atoms with Gasteiger partial charge in [-0.25, -0.2) is 4.39 Å². The van der Waals surface area contributed by atoms with Crippen molar-refractivity contribution in [2.24, 2.45) is 0 Å². The minimum Gasteiger partial charge on any atom is -0.289 e. The predicted molar refractivity (Wildman–Crippen MR) is 61.3 cm³/mol. The highest BCUT2D eigenvalue weighted by Gasteiger charge is 2.13. The molecule has 4 heteroatoms. The molecule has 2 rings (SSSR count). The Kier molecular flexibility index (Phi) is 2.95. The molecular weight excluding hydrogens is 219 g/mol. The molecule has 86 valence electrons. The molecule has 3 nitrogen and oxygen atoms in total. The lowest BCUT2D eigenvalue weighted by atomic mass is 10.0. The first kappa shape index (κ1) is 11.4. The third kappa shape index (κ3) is 2.36. The Balaban J connectivity index is 2.47. The van der Waals surface area contributed by atoms with Crippen LogP contribution >= 0.6 is 0 Å². The Labute approximate surface area is 98.3 Å². The van der Waals surface area contributed by atoms with Crippen LogP contribution in [0.15, 0.2) is 30.3 Å². The maximum Gasteiger partial charge on any atom is 0.195 e. The number of aryl methyl sites for hydroxylation is 2. The van der Waals surface area contributed by atoms with Crippen LogP contribution < -0.4 is 0 Å². The van der Waals surface area contributed by atoms with Gasteiger partial charge in [-0.3, -0.25) is 4.79 Å². The highest BCUT2D eigenvalue weighted by atomic mass is 19.1. The van der Waals surface area contributed by atoms with Gasteiger partial charge in [-0.05, 0) is 32.0 Å². The fraction of sp³-hybridized carbons (Fsp3) is 0.154. The second-order valence-corrected chi connectivity index (χ2v) is 3.82. The van der Waals surface area contributed by atoms with Crippen molar-refractivity contribution in [3.8, 4) is 0 Å². The lowest BCUT2D eigenvalue weighted by Gasteiger charge is -2.04. The first-order chi connectivity index (χ1) is 8.08. The van der Waals surface area contributed by atoms with Crippen molar-refractivity contribution in [1.82, 2.24) is 10.2 Å². The highest BCUT2D eigenvalue weighted by molar-refractivity contribution is 6.09. The maximum atomic E-state index is 13.0. The summed E-state index contributed by atoms with van der Waals surface area (Å²) in [6.45, 7) is 3.47. The van der Waals surface area contributed by atoms with E-state index in [1.54, 1.807) is 26.0 Å². The Hall–Kier alpha value is -2.10. The van der Waals surface area contributed by atoms with E-state index in [0.29, 0.717) is 22.5 Å². The molecule has 0 aliphatic carbocycles. The number of halogens is 1. The van der Waals surface area contributed by atoms with Crippen molar-refractivity contribution in [3.63, 3.8) is 0 Å². The second-order valence-electron chi connectivity index (χ2n) is 3.82. The van der Waals surface area contributed by atoms with Crippen molar-refractivity contribution in [1.29, 1.82) is 0 Å². The molecule has 0 aliphatic rings. The summed E-state index contributed by atoms with van der Waals surface area (Å²) in [6.07, 6.45) is 0. The summed E-state index contributed by atoms with van der Waals surface area (Å²) in [6, 6.07) is 7.28. The number of carbonyl (C=O) groups is 1. The second kappa shape index (κ2) is 4.41. The molecule has 0 fully saturated rings. The van der Waals surface area contributed by atoms with E-state index in [1.165, 1.54) is 18.2 Å². The standard InChI is InChI=1S/C13H11FN2O/c1-8-6-12(9(2)16-15-8)13(17)10-4-3-5-11(14)7-10/h3-7H,1-2H3. The zero-order chi connectivity index (χ0) is 12.4. The number of hydrogen-bond acceptors (Lipinski definition) is 3. The number of nitrogens with zero attached hydrogens (tertiary/aromatic N) is 2. The Bertz CT molecular complexity index is 581. The first-order valence-corrected chi connectivity index (χ1v) is 5.19. The normalized spacial score (nSPS) is 10.3. The molecule has 0 bridgehead atoms. The number of aromatic nitrogens is 2. The summed E-state index contributed by atoms with van der Waals surface area (Å²) in [4.78, 5) is 12.1. The van der Waals surface area contributed by atoms with Gasteiger partial charge in [-0.1, -0.05) is 12.1 Å². The molecule has 17 heavy (non-hydrogen) atoms. The fourth-order valence-corrected chi connectivity index (χ4v) is 1.57. The van der Waals surface area contributed by atoms with Crippen LogP contribution in [0.3, 0.4) is 0 Å². The SMILES string of the molecule is Cc1cc(C(=O)c2cccc(F)c2)c(C)nn1. The van der Waals surface area contributed by atoms with Crippen LogP contribution in [0.4, 0.5) is 4.39 Å². The number of hydrogen-bond donors (Lipinski definition) is 0. The van der Waals surface area contributed by atoms with Crippen LogP contribution in [0.1, 0.15) is 27.3 Å². The number of rotatable bonds is 2. The van der Waals surface area contributed by atoms with Crippen LogP contribution in [0, 0.1) is 19.7 Å². The van der Waals surface area contributed by atoms with Gasteiger partial charge in [0.1, 0.15) is 5.82 Å². The molecule has 2 aromatic rings. The van der Waals surface area contributed by atoms with Gasteiger partial charge in [0.15, 0.2) is 5.78 Å². The monoisotopic (exact) mass is 230 g/mol. The van der Waals surface area contributed by atoms with Gasteiger partial charge in [0.05, 0.1) is 11.4 Å². The van der Waals surface area contributed by atoms with Gasteiger partial charge in [0.25, 0.3) is 0 Å². The number of carbonyl (C=O) groups excluding carboxylic acids is 1. The van der Waals surface area contributed by atoms with Crippen LogP contribution in [0.2, 0.25) is 0 Å². The van der Waals surface area contributed by atoms with E-state index in [2.05, 4.69) is 10.2 Å². The Morgan fingerprint density at radius 1 is 1.18 bits per heavy atom. The minimum atomic E-state index is -0.424. The van der Waals surface area contributed by atoms with Crippen molar-refractivity contribution < 1.29 is 9.18 Å². The molecule has 0 unspecified atom stereocenters. The lowest BCUT2D eigenvalue weighted by Crippen LogP contribution is -2.07.